The molecule has 1 amide bonds. The van der Waals surface area contributed by atoms with Gasteiger partial charge in [-0.25, -0.2) is 0 Å². The Labute approximate surface area is 210 Å². The molecule has 0 N–H and O–H groups in total. The molecule has 186 valence electrons. The first kappa shape index (κ1) is 25.5. The van der Waals surface area contributed by atoms with Crippen molar-refractivity contribution in [3.05, 3.63) is 62.8 Å². The van der Waals surface area contributed by atoms with E-state index in [2.05, 4.69) is 5.10 Å². The lowest BCUT2D eigenvalue weighted by Gasteiger charge is -2.32. The van der Waals surface area contributed by atoms with Gasteiger partial charge in [-0.15, -0.1) is 0 Å². The lowest BCUT2D eigenvalue weighted by molar-refractivity contribution is -0.137. The summed E-state index contributed by atoms with van der Waals surface area (Å²) in [5.41, 5.74) is 0.891. The quantitative estimate of drug-likeness (QED) is 0.379. The summed E-state index contributed by atoms with van der Waals surface area (Å²) < 4.78 is 41.1. The molecular formula is C25H24Cl2F3N3O2. The molecule has 1 fully saturated rings. The molecule has 0 atom stereocenters. The number of Topliss-reactive ketones (excluding diaryl/α,β-unsaturated/α-hetero) is 1. The van der Waals surface area contributed by atoms with Gasteiger partial charge in [-0.1, -0.05) is 23.2 Å². The van der Waals surface area contributed by atoms with Crippen LogP contribution in [-0.2, 0) is 17.5 Å². The number of benzene rings is 2. The standard InChI is InChI=1S/C25H24Cl2F3N3O2/c1-14-9-18(25(28,29)30)11-17-12-33(31-23(14)17)13-20-21(26)4-3-19(22(20)27)24(35)32-7-5-16(6-8-32)10-15(2)34/h3-4,9,11-12,16H,5-8,10,13H2,1-2H3. The molecule has 1 aliphatic heterocycles. The minimum absolute atomic E-state index is 0.0922. The topological polar surface area (TPSA) is 55.2 Å². The molecule has 2 aromatic carbocycles. The van der Waals surface area contributed by atoms with Crippen molar-refractivity contribution in [1.82, 2.24) is 14.7 Å². The van der Waals surface area contributed by atoms with Gasteiger partial charge in [0.15, 0.2) is 0 Å². The van der Waals surface area contributed by atoms with E-state index in [1.165, 1.54) is 10.9 Å². The lowest BCUT2D eigenvalue weighted by Crippen LogP contribution is -2.39. The average Bonchev–Trinajstić information content (AvgIpc) is 3.19. The van der Waals surface area contributed by atoms with Crippen molar-refractivity contribution in [2.75, 3.05) is 13.1 Å². The smallest absolute Gasteiger partial charge is 0.339 e. The van der Waals surface area contributed by atoms with E-state index < -0.39 is 11.7 Å². The van der Waals surface area contributed by atoms with E-state index in [1.54, 1.807) is 30.9 Å². The number of aromatic nitrogens is 2. The van der Waals surface area contributed by atoms with Gasteiger partial charge in [0.05, 0.1) is 28.2 Å². The molecule has 5 nitrogen and oxygen atoms in total. The zero-order valence-electron chi connectivity index (χ0n) is 19.3. The number of hydrogen-bond donors (Lipinski definition) is 0. The first-order valence-electron chi connectivity index (χ1n) is 11.2. The number of amides is 1. The van der Waals surface area contributed by atoms with E-state index in [4.69, 9.17) is 23.2 Å². The van der Waals surface area contributed by atoms with Gasteiger partial charge in [0.1, 0.15) is 5.78 Å². The van der Waals surface area contributed by atoms with E-state index in [0.717, 1.165) is 25.0 Å². The first-order valence-corrected chi connectivity index (χ1v) is 12.0. The summed E-state index contributed by atoms with van der Waals surface area (Å²) >= 11 is 13.0. The summed E-state index contributed by atoms with van der Waals surface area (Å²) in [5, 5.41) is 5.30. The maximum absolute atomic E-state index is 13.2. The predicted molar refractivity (Wildman–Crippen MR) is 129 cm³/mol. The summed E-state index contributed by atoms with van der Waals surface area (Å²) in [6.07, 6.45) is -0.914. The fourth-order valence-electron chi connectivity index (χ4n) is 4.59. The molecule has 3 aromatic rings. The Kier molecular flexibility index (Phi) is 7.16. The number of fused-ring (bicyclic) bond motifs is 1. The molecule has 0 aliphatic carbocycles. The van der Waals surface area contributed by atoms with Crippen molar-refractivity contribution >= 4 is 45.8 Å². The molecule has 35 heavy (non-hydrogen) atoms. The van der Waals surface area contributed by atoms with Gasteiger partial charge in [0.25, 0.3) is 5.91 Å². The normalized spacial score (nSPS) is 15.1. The number of alkyl halides is 3. The summed E-state index contributed by atoms with van der Waals surface area (Å²) in [4.78, 5) is 26.3. The summed E-state index contributed by atoms with van der Waals surface area (Å²) in [6, 6.07) is 5.30. The minimum atomic E-state index is -4.46. The number of nitrogens with zero attached hydrogens (tertiary/aromatic N) is 3. The van der Waals surface area contributed by atoms with Gasteiger partial charge in [-0.3, -0.25) is 9.48 Å². The molecule has 0 radical (unpaired) electrons. The number of piperidine rings is 1. The maximum atomic E-state index is 13.2. The fourth-order valence-corrected chi connectivity index (χ4v) is 5.16. The molecule has 0 spiro atoms. The van der Waals surface area contributed by atoms with Crippen molar-refractivity contribution in [1.29, 1.82) is 0 Å². The Morgan fingerprint density at radius 1 is 1.14 bits per heavy atom. The van der Waals surface area contributed by atoms with Gasteiger partial charge >= 0.3 is 6.18 Å². The van der Waals surface area contributed by atoms with Crippen LogP contribution in [0.5, 0.6) is 0 Å². The van der Waals surface area contributed by atoms with Crippen LogP contribution in [0.25, 0.3) is 10.9 Å². The second-order valence-corrected chi connectivity index (χ2v) is 9.87. The van der Waals surface area contributed by atoms with Crippen molar-refractivity contribution in [3.8, 4) is 0 Å². The van der Waals surface area contributed by atoms with Gasteiger partial charge in [0.2, 0.25) is 0 Å². The largest absolute Gasteiger partial charge is 0.416 e. The number of hydrogen-bond acceptors (Lipinski definition) is 3. The highest BCUT2D eigenvalue weighted by Gasteiger charge is 2.31. The Morgan fingerprint density at radius 2 is 1.83 bits per heavy atom. The van der Waals surface area contributed by atoms with Crippen LogP contribution >= 0.6 is 23.2 Å². The first-order chi connectivity index (χ1) is 16.4. The van der Waals surface area contributed by atoms with Crippen molar-refractivity contribution in [3.63, 3.8) is 0 Å². The van der Waals surface area contributed by atoms with Crippen LogP contribution < -0.4 is 0 Å². The highest BCUT2D eigenvalue weighted by atomic mass is 35.5. The highest BCUT2D eigenvalue weighted by molar-refractivity contribution is 6.38. The molecule has 1 aliphatic rings. The SMILES string of the molecule is CC(=O)CC1CCN(C(=O)c2ccc(Cl)c(Cn3cc4cc(C(F)(F)F)cc(C)c4n3)c2Cl)CC1. The summed E-state index contributed by atoms with van der Waals surface area (Å²) in [7, 11) is 0. The average molecular weight is 526 g/mol. The van der Waals surface area contributed by atoms with E-state index >= 15 is 0 Å². The number of rotatable bonds is 5. The van der Waals surface area contributed by atoms with Crippen molar-refractivity contribution in [2.45, 2.75) is 45.8 Å². The predicted octanol–water partition coefficient (Wildman–Crippen LogP) is 6.55. The third-order valence-corrected chi connectivity index (χ3v) is 7.17. The highest BCUT2D eigenvalue weighted by Crippen LogP contribution is 2.34. The molecule has 0 bridgehead atoms. The molecule has 0 saturated carbocycles. The third-order valence-electron chi connectivity index (χ3n) is 6.39. The summed E-state index contributed by atoms with van der Waals surface area (Å²) in [5.74, 6) is 0.213. The lowest BCUT2D eigenvalue weighted by atomic mass is 9.91. The van der Waals surface area contributed by atoms with Crippen LogP contribution in [0, 0.1) is 12.8 Å². The number of carbonyl (C=O) groups excluding carboxylic acids is 2. The van der Waals surface area contributed by atoms with E-state index in [-0.39, 0.29) is 29.2 Å². The third kappa shape index (κ3) is 5.48. The Bertz CT molecular complexity index is 1300. The number of likely N-dealkylation sites (tertiary alicyclic amines) is 1. The molecule has 1 aromatic heterocycles. The van der Waals surface area contributed by atoms with Gasteiger partial charge < -0.3 is 9.69 Å². The van der Waals surface area contributed by atoms with Crippen LogP contribution in [-0.4, -0.2) is 39.5 Å². The zero-order chi connectivity index (χ0) is 25.5. The molecule has 0 unspecified atom stereocenters. The molecular weight excluding hydrogens is 502 g/mol. The van der Waals surface area contributed by atoms with Gasteiger partial charge in [-0.05, 0) is 62.4 Å². The number of carbonyl (C=O) groups is 2. The number of ketones is 1. The Balaban J connectivity index is 1.58. The number of halogens is 5. The second-order valence-electron chi connectivity index (χ2n) is 9.08. The molecule has 10 heteroatoms. The minimum Gasteiger partial charge on any atom is -0.339 e. The summed E-state index contributed by atoms with van der Waals surface area (Å²) in [6.45, 7) is 4.32. The Morgan fingerprint density at radius 3 is 2.46 bits per heavy atom. The number of aryl methyl sites for hydroxylation is 1. The van der Waals surface area contributed by atoms with Crippen LogP contribution in [0.2, 0.25) is 10.0 Å². The van der Waals surface area contributed by atoms with Crippen molar-refractivity contribution < 1.29 is 22.8 Å². The Hall–Kier alpha value is -2.58. The maximum Gasteiger partial charge on any atom is 0.416 e. The monoisotopic (exact) mass is 525 g/mol. The van der Waals surface area contributed by atoms with E-state index in [1.807, 2.05) is 0 Å². The van der Waals surface area contributed by atoms with Crippen molar-refractivity contribution in [2.24, 2.45) is 5.92 Å². The van der Waals surface area contributed by atoms with Crippen LogP contribution in [0.3, 0.4) is 0 Å². The van der Waals surface area contributed by atoms with Gasteiger partial charge in [0, 0.05) is 41.7 Å². The van der Waals surface area contributed by atoms with Crippen LogP contribution in [0.4, 0.5) is 13.2 Å². The molecule has 2 heterocycles. The van der Waals surface area contributed by atoms with Crippen LogP contribution in [0.1, 0.15) is 53.2 Å². The fraction of sp³-hybridized carbons (Fsp3) is 0.400. The molecule has 4 rings (SSSR count). The van der Waals surface area contributed by atoms with Crippen LogP contribution in [0.15, 0.2) is 30.5 Å². The van der Waals surface area contributed by atoms with E-state index in [0.29, 0.717) is 52.1 Å². The van der Waals surface area contributed by atoms with Gasteiger partial charge in [-0.2, -0.15) is 18.3 Å². The van der Waals surface area contributed by atoms with E-state index in [9.17, 15) is 22.8 Å². The second kappa shape index (κ2) is 9.82. The zero-order valence-corrected chi connectivity index (χ0v) is 20.8. The molecule has 1 saturated heterocycles.